The topological polar surface area (TPSA) is 206 Å². The zero-order valence-electron chi connectivity index (χ0n) is 15.3. The van der Waals surface area contributed by atoms with Gasteiger partial charge in [-0.15, -0.1) is 0 Å². The molecule has 0 radical (unpaired) electrons. The molecule has 0 saturated carbocycles. The Balaban J connectivity index is 1.80. The van der Waals surface area contributed by atoms with Crippen LogP contribution in [0.25, 0.3) is 11.0 Å². The summed E-state index contributed by atoms with van der Waals surface area (Å²) in [5.41, 5.74) is 3.23. The van der Waals surface area contributed by atoms with Gasteiger partial charge < -0.3 is 34.2 Å². The van der Waals surface area contributed by atoms with Crippen LogP contribution in [0.2, 0.25) is 5.15 Å². The molecule has 5 atom stereocenters. The molecule has 1 aliphatic heterocycles. The summed E-state index contributed by atoms with van der Waals surface area (Å²) in [5, 5.41) is 25.2. The number of nitrogens with one attached hydrogen (secondary N) is 1. The quantitative estimate of drug-likeness (QED) is 0.165. The molecule has 0 bridgehead atoms. The fourth-order valence-corrected chi connectivity index (χ4v) is 5.66. The minimum Gasteiger partial charge on any atom is -0.387 e. The first-order valence-electron chi connectivity index (χ1n) is 8.27. The maximum atomic E-state index is 11.8. The van der Waals surface area contributed by atoms with Gasteiger partial charge in [0, 0.05) is 6.07 Å². The number of halogens is 1. The molecule has 0 amide bonds. The summed E-state index contributed by atoms with van der Waals surface area (Å²) in [6.45, 7) is -0.716. The van der Waals surface area contributed by atoms with Gasteiger partial charge in [0.2, 0.25) is 0 Å². The molecular formula is C13H19ClN4O10P2. The molecule has 1 saturated heterocycles. The number of rotatable bonds is 8. The minimum absolute atomic E-state index is 0.0791. The molecule has 0 aliphatic carbocycles. The van der Waals surface area contributed by atoms with Crippen molar-refractivity contribution in [3.63, 3.8) is 0 Å². The number of hydrogen-bond donors (Lipinski definition) is 6. The Bertz CT molecular complexity index is 1020. The first-order chi connectivity index (χ1) is 13.9. The predicted molar refractivity (Wildman–Crippen MR) is 102 cm³/mol. The Morgan fingerprint density at radius 1 is 1.30 bits per heavy atom. The van der Waals surface area contributed by atoms with E-state index in [0.717, 1.165) is 4.68 Å². The van der Waals surface area contributed by atoms with Crippen LogP contribution in [0.15, 0.2) is 12.3 Å². The number of anilines is 1. The lowest BCUT2D eigenvalue weighted by Gasteiger charge is -2.18. The third-order valence-electron chi connectivity index (χ3n) is 4.13. The van der Waals surface area contributed by atoms with Crippen molar-refractivity contribution in [2.45, 2.75) is 24.5 Å². The van der Waals surface area contributed by atoms with E-state index in [9.17, 15) is 24.2 Å². The molecule has 6 N–H and O–H groups in total. The lowest BCUT2D eigenvalue weighted by Crippen LogP contribution is -2.33. The molecule has 2 unspecified atom stereocenters. The first-order valence-corrected chi connectivity index (χ1v) is 12.2. The van der Waals surface area contributed by atoms with E-state index in [-0.39, 0.29) is 10.8 Å². The summed E-state index contributed by atoms with van der Waals surface area (Å²) in [6, 6.07) is 1.48. The average molecular weight is 489 g/mol. The molecule has 3 heterocycles. The van der Waals surface area contributed by atoms with Crippen LogP contribution in [0.1, 0.15) is 6.23 Å². The van der Waals surface area contributed by atoms with E-state index in [2.05, 4.69) is 20.1 Å². The molecule has 30 heavy (non-hydrogen) atoms. The van der Waals surface area contributed by atoms with Crippen molar-refractivity contribution in [1.82, 2.24) is 14.8 Å². The molecule has 14 nitrogen and oxygen atoms in total. The van der Waals surface area contributed by atoms with Crippen LogP contribution in [-0.2, 0) is 23.2 Å². The number of ether oxygens (including phenoxy) is 1. The Hall–Kier alpha value is -1.15. The van der Waals surface area contributed by atoms with E-state index in [1.165, 1.54) is 19.4 Å². The van der Waals surface area contributed by atoms with Crippen molar-refractivity contribution in [2.24, 2.45) is 0 Å². The number of pyridine rings is 1. The molecule has 2 aromatic rings. The van der Waals surface area contributed by atoms with Gasteiger partial charge in [0.25, 0.3) is 0 Å². The molecule has 168 valence electrons. The molecule has 1 aliphatic rings. The summed E-state index contributed by atoms with van der Waals surface area (Å²) in [4.78, 5) is 36.2. The van der Waals surface area contributed by atoms with Crippen LogP contribution in [-0.4, -0.2) is 77.6 Å². The van der Waals surface area contributed by atoms with Crippen molar-refractivity contribution in [1.29, 1.82) is 0 Å². The summed E-state index contributed by atoms with van der Waals surface area (Å²) in [6.07, 6.45) is -4.24. The van der Waals surface area contributed by atoms with E-state index in [0.29, 0.717) is 11.1 Å². The SMILES string of the molecule is CONc1cc(Cl)nc2c1cnn2[C@@H]1OC(COP(=O)(O)CP(=O)(O)O)[C@@H](O)[C@H]1O. The summed E-state index contributed by atoms with van der Waals surface area (Å²) in [7, 11) is -8.08. The van der Waals surface area contributed by atoms with Gasteiger partial charge in [-0.1, -0.05) is 11.6 Å². The van der Waals surface area contributed by atoms with E-state index >= 15 is 0 Å². The van der Waals surface area contributed by atoms with Crippen LogP contribution >= 0.6 is 26.8 Å². The van der Waals surface area contributed by atoms with E-state index < -0.39 is 52.2 Å². The summed E-state index contributed by atoms with van der Waals surface area (Å²) < 4.78 is 34.0. The summed E-state index contributed by atoms with van der Waals surface area (Å²) >= 11 is 6.00. The molecule has 1 fully saturated rings. The van der Waals surface area contributed by atoms with E-state index in [1.807, 2.05) is 0 Å². The van der Waals surface area contributed by atoms with E-state index in [4.69, 9.17) is 31.0 Å². The lowest BCUT2D eigenvalue weighted by molar-refractivity contribution is -0.0541. The Kier molecular flexibility index (Phi) is 6.87. The Morgan fingerprint density at radius 3 is 2.63 bits per heavy atom. The van der Waals surface area contributed by atoms with Crippen LogP contribution in [0, 0.1) is 0 Å². The van der Waals surface area contributed by atoms with Crippen LogP contribution in [0.3, 0.4) is 0 Å². The molecule has 2 aromatic heterocycles. The maximum Gasteiger partial charge on any atom is 0.340 e. The smallest absolute Gasteiger partial charge is 0.340 e. The van der Waals surface area contributed by atoms with Crippen LogP contribution < -0.4 is 5.48 Å². The third-order valence-corrected chi connectivity index (χ3v) is 7.78. The average Bonchev–Trinajstić information content (AvgIpc) is 3.14. The molecule has 17 heteroatoms. The van der Waals surface area contributed by atoms with Gasteiger partial charge in [0.05, 0.1) is 31.0 Å². The highest BCUT2D eigenvalue weighted by atomic mass is 35.5. The normalized spacial score (nSPS) is 26.8. The van der Waals surface area contributed by atoms with Crippen molar-refractivity contribution in [2.75, 3.05) is 25.1 Å². The minimum atomic E-state index is -4.81. The fraction of sp³-hybridized carbons (Fsp3) is 0.538. The second-order valence-electron chi connectivity index (χ2n) is 6.41. The van der Waals surface area contributed by atoms with Crippen molar-refractivity contribution < 1.29 is 48.1 Å². The van der Waals surface area contributed by atoms with Crippen molar-refractivity contribution in [3.8, 4) is 0 Å². The number of hydrogen-bond acceptors (Lipinski definition) is 10. The van der Waals surface area contributed by atoms with Crippen LogP contribution in [0.4, 0.5) is 5.69 Å². The second kappa shape index (κ2) is 8.77. The highest BCUT2D eigenvalue weighted by Crippen LogP contribution is 2.55. The predicted octanol–water partition coefficient (Wildman–Crippen LogP) is 0.0144. The second-order valence-corrected chi connectivity index (χ2v) is 10.8. The zero-order chi connectivity index (χ0) is 22.3. The number of nitrogens with zero attached hydrogens (tertiary/aromatic N) is 3. The highest BCUT2D eigenvalue weighted by Gasteiger charge is 2.46. The maximum absolute atomic E-state index is 11.8. The molecular weight excluding hydrogens is 470 g/mol. The largest absolute Gasteiger partial charge is 0.387 e. The highest BCUT2D eigenvalue weighted by molar-refractivity contribution is 7.70. The van der Waals surface area contributed by atoms with Gasteiger partial charge in [-0.3, -0.25) is 19.4 Å². The van der Waals surface area contributed by atoms with Gasteiger partial charge >= 0.3 is 15.2 Å². The van der Waals surface area contributed by atoms with Crippen molar-refractivity contribution in [3.05, 3.63) is 17.4 Å². The lowest BCUT2D eigenvalue weighted by atomic mass is 10.1. The molecule has 0 aromatic carbocycles. The Morgan fingerprint density at radius 2 is 2.00 bits per heavy atom. The van der Waals surface area contributed by atoms with Gasteiger partial charge in [0.1, 0.15) is 23.5 Å². The van der Waals surface area contributed by atoms with Gasteiger partial charge in [0.15, 0.2) is 17.8 Å². The Labute approximate surface area is 174 Å². The first kappa shape index (κ1) is 23.5. The van der Waals surface area contributed by atoms with Crippen LogP contribution in [0.5, 0.6) is 0 Å². The van der Waals surface area contributed by atoms with E-state index in [1.54, 1.807) is 0 Å². The van der Waals surface area contributed by atoms with Crippen molar-refractivity contribution >= 4 is 43.5 Å². The van der Waals surface area contributed by atoms with Gasteiger partial charge in [-0.25, -0.2) is 9.67 Å². The van der Waals surface area contributed by atoms with Gasteiger partial charge in [-0.2, -0.15) is 5.10 Å². The molecule has 3 rings (SSSR count). The number of fused-ring (bicyclic) bond motifs is 1. The number of aromatic nitrogens is 3. The third kappa shape index (κ3) is 5.18. The number of aliphatic hydroxyl groups excluding tert-OH is 2. The monoisotopic (exact) mass is 488 g/mol. The fourth-order valence-electron chi connectivity index (χ4n) is 2.90. The molecule has 0 spiro atoms. The standard InChI is InChI=1S/C13H19ClN4O10P2/c1-26-17-7-2-9(14)16-12-6(7)3-15-18(12)13-11(20)10(19)8(28-13)4-27-30(24,25)5-29(21,22)23/h2-3,8,10-11,13,19-20H,4-5H2,1H3,(H,16,17)(H,24,25)(H2,21,22,23)/t8?,10-,11-,13-/m1/s1. The summed E-state index contributed by atoms with van der Waals surface area (Å²) in [5.74, 6) is -1.39. The van der Waals surface area contributed by atoms with Gasteiger partial charge in [-0.05, 0) is 0 Å². The number of aliphatic hydroxyl groups is 2. The zero-order valence-corrected chi connectivity index (χ0v) is 17.8.